The third-order valence-electron chi connectivity index (χ3n) is 2.23. The molecule has 1 N–H and O–H groups in total. The Hall–Kier alpha value is -1.01. The number of ether oxygens (including phenoxy) is 1. The molecule has 3 nitrogen and oxygen atoms in total. The molecular formula is C9H12O3. The quantitative estimate of drug-likeness (QED) is 0.373. The molecule has 0 aromatic carbocycles. The summed E-state index contributed by atoms with van der Waals surface area (Å²) < 4.78 is 4.53. The fourth-order valence-corrected chi connectivity index (χ4v) is 1.50. The minimum Gasteiger partial charge on any atom is -0.468 e. The number of carbonyl (C=O) groups is 1. The van der Waals surface area contributed by atoms with E-state index in [0.717, 1.165) is 6.42 Å². The van der Waals surface area contributed by atoms with Crippen LogP contribution in [0.3, 0.4) is 0 Å². The Labute approximate surface area is 71.7 Å². The van der Waals surface area contributed by atoms with Crippen LogP contribution in [0.4, 0.5) is 0 Å². The SMILES string of the molecule is C#CC1(O)CC(CCOC=O)C1. The van der Waals surface area contributed by atoms with Crippen molar-refractivity contribution < 1.29 is 14.6 Å². The Morgan fingerprint density at radius 2 is 2.42 bits per heavy atom. The van der Waals surface area contributed by atoms with Crippen LogP contribution >= 0.6 is 0 Å². The highest BCUT2D eigenvalue weighted by Gasteiger charge is 2.40. The molecule has 0 saturated heterocycles. The predicted molar refractivity (Wildman–Crippen MR) is 43.1 cm³/mol. The molecule has 1 aliphatic carbocycles. The van der Waals surface area contributed by atoms with Gasteiger partial charge in [-0.05, 0) is 25.2 Å². The van der Waals surface area contributed by atoms with Gasteiger partial charge in [-0.25, -0.2) is 0 Å². The molecule has 0 amide bonds. The van der Waals surface area contributed by atoms with E-state index in [0.29, 0.717) is 31.8 Å². The summed E-state index contributed by atoms with van der Waals surface area (Å²) in [5.41, 5.74) is -0.883. The standard InChI is InChI=1S/C9H12O3/c1-2-9(11)5-8(6-9)3-4-12-7-10/h1,7-8,11H,3-6H2. The second-order valence-corrected chi connectivity index (χ2v) is 3.21. The van der Waals surface area contributed by atoms with Gasteiger partial charge in [0.2, 0.25) is 0 Å². The molecule has 66 valence electrons. The predicted octanol–water partition coefficient (Wildman–Crippen LogP) is 0.324. The van der Waals surface area contributed by atoms with E-state index in [9.17, 15) is 9.90 Å². The number of carbonyl (C=O) groups excluding carboxylic acids is 1. The molecule has 0 bridgehead atoms. The van der Waals surface area contributed by atoms with Gasteiger partial charge in [0.15, 0.2) is 0 Å². The lowest BCUT2D eigenvalue weighted by molar-refractivity contribution is -0.129. The summed E-state index contributed by atoms with van der Waals surface area (Å²) >= 11 is 0. The average molecular weight is 168 g/mol. The van der Waals surface area contributed by atoms with Crippen LogP contribution in [-0.4, -0.2) is 23.8 Å². The van der Waals surface area contributed by atoms with Gasteiger partial charge >= 0.3 is 0 Å². The van der Waals surface area contributed by atoms with E-state index in [2.05, 4.69) is 10.7 Å². The molecule has 0 aromatic rings. The number of aliphatic hydroxyl groups is 1. The number of hydrogen-bond donors (Lipinski definition) is 1. The van der Waals surface area contributed by atoms with Crippen LogP contribution in [0.15, 0.2) is 0 Å². The zero-order valence-electron chi connectivity index (χ0n) is 6.82. The van der Waals surface area contributed by atoms with Gasteiger partial charge in [0, 0.05) is 0 Å². The molecule has 0 unspecified atom stereocenters. The molecule has 1 fully saturated rings. The van der Waals surface area contributed by atoms with Crippen molar-refractivity contribution in [3.05, 3.63) is 0 Å². The van der Waals surface area contributed by atoms with Crippen molar-refractivity contribution in [3.8, 4) is 12.3 Å². The van der Waals surface area contributed by atoms with Crippen LogP contribution in [0.2, 0.25) is 0 Å². The van der Waals surface area contributed by atoms with Crippen LogP contribution in [0.1, 0.15) is 19.3 Å². The minimum atomic E-state index is -0.883. The monoisotopic (exact) mass is 168 g/mol. The number of rotatable bonds is 4. The smallest absolute Gasteiger partial charge is 0.293 e. The molecule has 1 rings (SSSR count). The van der Waals surface area contributed by atoms with Crippen LogP contribution in [-0.2, 0) is 9.53 Å². The highest BCUT2D eigenvalue weighted by Crippen LogP contribution is 2.39. The lowest BCUT2D eigenvalue weighted by Gasteiger charge is -2.39. The zero-order valence-corrected chi connectivity index (χ0v) is 6.82. The van der Waals surface area contributed by atoms with Crippen molar-refractivity contribution >= 4 is 6.47 Å². The fraction of sp³-hybridized carbons (Fsp3) is 0.667. The molecule has 1 saturated carbocycles. The molecule has 3 heteroatoms. The van der Waals surface area contributed by atoms with Crippen molar-refractivity contribution in [2.24, 2.45) is 5.92 Å². The second kappa shape index (κ2) is 3.59. The molecule has 0 aromatic heterocycles. The third-order valence-corrected chi connectivity index (χ3v) is 2.23. The first-order valence-electron chi connectivity index (χ1n) is 3.95. The summed E-state index contributed by atoms with van der Waals surface area (Å²) in [4.78, 5) is 9.77. The molecule has 1 aliphatic rings. The molecule has 0 radical (unpaired) electrons. The van der Waals surface area contributed by atoms with Crippen molar-refractivity contribution in [1.29, 1.82) is 0 Å². The summed E-state index contributed by atoms with van der Waals surface area (Å²) in [5.74, 6) is 2.75. The summed E-state index contributed by atoms with van der Waals surface area (Å²) in [7, 11) is 0. The van der Waals surface area contributed by atoms with Gasteiger partial charge in [0.25, 0.3) is 6.47 Å². The molecule has 12 heavy (non-hydrogen) atoms. The highest BCUT2D eigenvalue weighted by molar-refractivity contribution is 5.36. The highest BCUT2D eigenvalue weighted by atomic mass is 16.5. The third kappa shape index (κ3) is 1.99. The van der Waals surface area contributed by atoms with Gasteiger partial charge < -0.3 is 9.84 Å². The van der Waals surface area contributed by atoms with E-state index < -0.39 is 5.60 Å². The van der Waals surface area contributed by atoms with Gasteiger partial charge in [0.1, 0.15) is 5.60 Å². The van der Waals surface area contributed by atoms with Gasteiger partial charge in [-0.2, -0.15) is 0 Å². The van der Waals surface area contributed by atoms with Crippen LogP contribution in [0.25, 0.3) is 0 Å². The number of hydrogen-bond acceptors (Lipinski definition) is 3. The first-order valence-corrected chi connectivity index (χ1v) is 3.95. The Morgan fingerprint density at radius 3 is 2.92 bits per heavy atom. The van der Waals surface area contributed by atoms with E-state index in [1.54, 1.807) is 0 Å². The van der Waals surface area contributed by atoms with Crippen LogP contribution in [0, 0.1) is 18.3 Å². The first-order chi connectivity index (χ1) is 5.70. The average Bonchev–Trinajstić information content (AvgIpc) is 2.01. The molecule has 0 atom stereocenters. The molecular weight excluding hydrogens is 156 g/mol. The summed E-state index contributed by atoms with van der Waals surface area (Å²) in [5, 5.41) is 9.40. The van der Waals surface area contributed by atoms with E-state index in [-0.39, 0.29) is 0 Å². The lowest BCUT2D eigenvalue weighted by Crippen LogP contribution is -2.42. The van der Waals surface area contributed by atoms with E-state index >= 15 is 0 Å². The van der Waals surface area contributed by atoms with Crippen LogP contribution < -0.4 is 0 Å². The first kappa shape index (κ1) is 9.08. The van der Waals surface area contributed by atoms with Gasteiger partial charge in [-0.1, -0.05) is 5.92 Å². The maximum absolute atomic E-state index is 9.77. The Balaban J connectivity index is 2.10. The molecule has 0 heterocycles. The minimum absolute atomic E-state index is 0.408. The van der Waals surface area contributed by atoms with E-state index in [1.807, 2.05) is 0 Å². The largest absolute Gasteiger partial charge is 0.468 e. The fourth-order valence-electron chi connectivity index (χ4n) is 1.50. The summed E-state index contributed by atoms with van der Waals surface area (Å²) in [6.07, 6.45) is 7.15. The molecule has 0 spiro atoms. The van der Waals surface area contributed by atoms with Crippen molar-refractivity contribution in [2.45, 2.75) is 24.9 Å². The maximum atomic E-state index is 9.77. The Bertz CT molecular complexity index is 198. The normalized spacial score (nSPS) is 33.2. The summed E-state index contributed by atoms with van der Waals surface area (Å²) in [6, 6.07) is 0. The van der Waals surface area contributed by atoms with Crippen LogP contribution in [0.5, 0.6) is 0 Å². The molecule has 0 aliphatic heterocycles. The van der Waals surface area contributed by atoms with Gasteiger partial charge in [0.05, 0.1) is 6.61 Å². The topological polar surface area (TPSA) is 46.5 Å². The maximum Gasteiger partial charge on any atom is 0.293 e. The van der Waals surface area contributed by atoms with Gasteiger partial charge in [-0.3, -0.25) is 4.79 Å². The Morgan fingerprint density at radius 1 is 1.75 bits per heavy atom. The van der Waals surface area contributed by atoms with Gasteiger partial charge in [-0.15, -0.1) is 6.42 Å². The zero-order chi connectivity index (χ0) is 9.03. The van der Waals surface area contributed by atoms with Crippen molar-refractivity contribution in [3.63, 3.8) is 0 Å². The Kier molecular flexibility index (Phi) is 2.72. The lowest BCUT2D eigenvalue weighted by atomic mass is 9.70. The number of terminal acetylenes is 1. The van der Waals surface area contributed by atoms with Crippen molar-refractivity contribution in [1.82, 2.24) is 0 Å². The van der Waals surface area contributed by atoms with Crippen molar-refractivity contribution in [2.75, 3.05) is 6.61 Å². The second-order valence-electron chi connectivity index (χ2n) is 3.21. The van der Waals surface area contributed by atoms with E-state index in [4.69, 9.17) is 6.42 Å². The summed E-state index contributed by atoms with van der Waals surface area (Å²) in [6.45, 7) is 0.862. The van der Waals surface area contributed by atoms with E-state index in [1.165, 1.54) is 0 Å².